The van der Waals surface area contributed by atoms with Crippen LogP contribution in [0.4, 0.5) is 5.69 Å². The molecule has 1 aliphatic carbocycles. The maximum Gasteiger partial charge on any atom is 0.264 e. The van der Waals surface area contributed by atoms with E-state index in [0.717, 1.165) is 82.4 Å². The lowest BCUT2D eigenvalue weighted by Gasteiger charge is -2.51. The number of nitrogens with one attached hydrogen (secondary N) is 1. The van der Waals surface area contributed by atoms with Crippen molar-refractivity contribution in [2.75, 3.05) is 37.7 Å². The molecule has 2 aromatic carbocycles. The second-order valence-electron chi connectivity index (χ2n) is 15.2. The molecule has 9 nitrogen and oxygen atoms in total. The second kappa shape index (κ2) is 13.7. The topological polar surface area (TPSA) is 108 Å². The number of fused-ring (bicyclic) bond motifs is 5. The molecule has 1 amide bonds. The van der Waals surface area contributed by atoms with Crippen molar-refractivity contribution in [2.24, 2.45) is 17.8 Å². The van der Waals surface area contributed by atoms with E-state index >= 15 is 0 Å². The van der Waals surface area contributed by atoms with Crippen LogP contribution in [-0.2, 0) is 27.8 Å². The lowest BCUT2D eigenvalue weighted by Crippen LogP contribution is -2.57. The Labute approximate surface area is 290 Å². The van der Waals surface area contributed by atoms with Gasteiger partial charge in [0.1, 0.15) is 12.4 Å². The molecule has 48 heavy (non-hydrogen) atoms. The number of anilines is 1. The first-order chi connectivity index (χ1) is 23.0. The van der Waals surface area contributed by atoms with Gasteiger partial charge in [0.25, 0.3) is 5.91 Å². The minimum Gasteiger partial charge on any atom is -0.487 e. The van der Waals surface area contributed by atoms with Crippen molar-refractivity contribution in [1.82, 2.24) is 9.62 Å². The number of halogens is 1. The number of β-amino-alcohol motifs (C(OH)–C–C–N with tert-alkyl or cyclic N) is 1. The molecule has 2 saturated heterocycles. The highest BCUT2D eigenvalue weighted by Gasteiger charge is 2.50. The third kappa shape index (κ3) is 6.97. The summed E-state index contributed by atoms with van der Waals surface area (Å²) in [5.74, 6) is 0.247. The number of benzene rings is 2. The van der Waals surface area contributed by atoms with Crippen molar-refractivity contribution in [3.05, 3.63) is 58.1 Å². The summed E-state index contributed by atoms with van der Waals surface area (Å²) in [7, 11) is -3.94. The number of hydrogen-bond acceptors (Lipinski definition) is 8. The molecule has 2 N–H and O–H groups in total. The molecule has 5 aliphatic rings. The number of amides is 1. The van der Waals surface area contributed by atoms with Crippen LogP contribution in [0.3, 0.4) is 0 Å². The van der Waals surface area contributed by atoms with Gasteiger partial charge < -0.3 is 19.5 Å². The zero-order valence-electron chi connectivity index (χ0n) is 28.2. The molecule has 2 aromatic rings. The zero-order valence-corrected chi connectivity index (χ0v) is 29.8. The van der Waals surface area contributed by atoms with Crippen LogP contribution in [0.2, 0.25) is 5.02 Å². The third-order valence-corrected chi connectivity index (χ3v) is 14.2. The molecule has 11 heteroatoms. The number of carbonyl (C=O) groups is 1. The fraction of sp³-hybridized carbons (Fsp3) is 0.649. The number of rotatable bonds is 2. The standard InChI is InChI=1S/C37H50ClN3O6S/c1-24-6-5-14-37(43,23-41-20-32-18-31(41)22-46-32)33-12-9-28(33)19-40-15-4-3-7-26-16-30(38)11-8-29(26)21-47-35-13-10-27(17-34(35)40)36(42)39-48(44,45)25(24)2/h8,10-11,13,16-17,24-25,28,31-33,43H,3-7,9,12,14-15,18-23H2,1-2H3,(H,39,42)/t24-,25+,28-,31+,32+,33+,37-/m0/s1. The van der Waals surface area contributed by atoms with Gasteiger partial charge in [0.2, 0.25) is 10.0 Å². The van der Waals surface area contributed by atoms with Gasteiger partial charge in [0, 0.05) is 42.8 Å². The Hall–Kier alpha value is -2.37. The second-order valence-corrected chi connectivity index (χ2v) is 17.6. The van der Waals surface area contributed by atoms with E-state index in [0.29, 0.717) is 42.8 Å². The number of aliphatic hydroxyl groups is 1. The molecule has 4 aliphatic heterocycles. The van der Waals surface area contributed by atoms with Crippen molar-refractivity contribution < 1.29 is 27.8 Å². The van der Waals surface area contributed by atoms with Crippen molar-refractivity contribution in [1.29, 1.82) is 0 Å². The Morgan fingerprint density at radius 1 is 1.04 bits per heavy atom. The highest BCUT2D eigenvalue weighted by molar-refractivity contribution is 7.90. The van der Waals surface area contributed by atoms with Crippen LogP contribution in [0.1, 0.15) is 86.7 Å². The normalized spacial score (nSPS) is 34.2. The van der Waals surface area contributed by atoms with Crippen molar-refractivity contribution in [2.45, 2.75) is 101 Å². The number of ether oxygens (including phenoxy) is 2. The quantitative estimate of drug-likeness (QED) is 0.420. The lowest BCUT2D eigenvalue weighted by molar-refractivity contribution is -0.115. The van der Waals surface area contributed by atoms with Gasteiger partial charge in [-0.25, -0.2) is 13.1 Å². The number of hydrogen-bond donors (Lipinski definition) is 2. The van der Waals surface area contributed by atoms with E-state index in [9.17, 15) is 18.3 Å². The molecule has 4 bridgehead atoms. The largest absolute Gasteiger partial charge is 0.487 e. The SMILES string of the molecule is C[C@@H]1[C@@H](C)CCC[C@](O)(CN2C[C@H]3C[C@@H]2CO3)[C@@H]2CC[C@H]2CN2CCCCc3cc(Cl)ccc3COc3ccc(cc32)C(=O)NS1(=O)=O. The van der Waals surface area contributed by atoms with Gasteiger partial charge in [0.05, 0.1) is 29.2 Å². The molecule has 262 valence electrons. The minimum absolute atomic E-state index is 0.127. The van der Waals surface area contributed by atoms with Gasteiger partial charge in [-0.3, -0.25) is 9.69 Å². The van der Waals surface area contributed by atoms with Crippen molar-refractivity contribution in [3.8, 4) is 5.75 Å². The van der Waals surface area contributed by atoms with E-state index < -0.39 is 26.8 Å². The van der Waals surface area contributed by atoms with Gasteiger partial charge in [-0.05, 0) is 118 Å². The molecular weight excluding hydrogens is 650 g/mol. The first-order valence-corrected chi connectivity index (χ1v) is 19.8. The van der Waals surface area contributed by atoms with E-state index in [1.54, 1.807) is 25.1 Å². The predicted octanol–water partition coefficient (Wildman–Crippen LogP) is 5.56. The van der Waals surface area contributed by atoms with Gasteiger partial charge in [0.15, 0.2) is 0 Å². The average molecular weight is 700 g/mol. The highest BCUT2D eigenvalue weighted by Crippen LogP contribution is 2.47. The fourth-order valence-electron chi connectivity index (χ4n) is 8.82. The van der Waals surface area contributed by atoms with Gasteiger partial charge in [-0.2, -0.15) is 0 Å². The molecule has 7 atom stereocenters. The first-order valence-electron chi connectivity index (χ1n) is 17.9. The van der Waals surface area contributed by atoms with E-state index in [4.69, 9.17) is 21.1 Å². The molecule has 0 spiro atoms. The Morgan fingerprint density at radius 3 is 2.65 bits per heavy atom. The summed E-state index contributed by atoms with van der Waals surface area (Å²) in [5.41, 5.74) is 2.45. The molecule has 4 heterocycles. The summed E-state index contributed by atoms with van der Waals surface area (Å²) in [6.45, 7) is 7.67. The summed E-state index contributed by atoms with van der Waals surface area (Å²) in [6.07, 6.45) is 8.06. The van der Waals surface area contributed by atoms with Crippen molar-refractivity contribution in [3.63, 3.8) is 0 Å². The zero-order chi connectivity index (χ0) is 33.6. The summed E-state index contributed by atoms with van der Waals surface area (Å²) >= 11 is 6.37. The molecular formula is C37H50ClN3O6S. The van der Waals surface area contributed by atoms with Crippen LogP contribution in [-0.4, -0.2) is 80.1 Å². The number of carbonyl (C=O) groups excluding carboxylic acids is 1. The number of aryl methyl sites for hydroxylation is 1. The molecule has 0 aromatic heterocycles. The molecule has 7 rings (SSSR count). The maximum atomic E-state index is 13.5. The maximum absolute atomic E-state index is 13.5. The smallest absolute Gasteiger partial charge is 0.264 e. The molecule has 1 saturated carbocycles. The third-order valence-electron chi connectivity index (χ3n) is 12.1. The lowest BCUT2D eigenvalue weighted by atomic mass is 9.62. The van der Waals surface area contributed by atoms with Crippen molar-refractivity contribution >= 4 is 33.2 Å². The van der Waals surface area contributed by atoms with E-state index in [2.05, 4.69) is 14.5 Å². The first kappa shape index (κ1) is 34.1. The monoisotopic (exact) mass is 699 g/mol. The van der Waals surface area contributed by atoms with Crippen LogP contribution in [0.5, 0.6) is 5.75 Å². The molecule has 3 fully saturated rings. The summed E-state index contributed by atoms with van der Waals surface area (Å²) in [5, 5.41) is 12.6. The van der Waals surface area contributed by atoms with Gasteiger partial charge in [-0.15, -0.1) is 0 Å². The Kier molecular flexibility index (Phi) is 9.76. The number of nitrogens with zero attached hydrogens (tertiary/aromatic N) is 2. The molecule has 0 unspecified atom stereocenters. The Morgan fingerprint density at radius 2 is 1.90 bits per heavy atom. The van der Waals surface area contributed by atoms with E-state index in [1.165, 1.54) is 5.56 Å². The Balaban J connectivity index is 1.24. The number of sulfonamides is 1. The summed E-state index contributed by atoms with van der Waals surface area (Å²) in [4.78, 5) is 18.3. The van der Waals surface area contributed by atoms with Gasteiger partial charge in [-0.1, -0.05) is 31.0 Å². The molecule has 0 radical (unpaired) electrons. The average Bonchev–Trinajstić information content (AvgIpc) is 3.65. The van der Waals surface area contributed by atoms with Crippen LogP contribution in [0.25, 0.3) is 0 Å². The minimum atomic E-state index is -3.94. The van der Waals surface area contributed by atoms with Gasteiger partial charge >= 0.3 is 0 Å². The number of likely N-dealkylation sites (tertiary alicyclic amines) is 1. The summed E-state index contributed by atoms with van der Waals surface area (Å²) in [6, 6.07) is 11.5. The Bertz CT molecular complexity index is 1620. The predicted molar refractivity (Wildman–Crippen MR) is 187 cm³/mol. The van der Waals surface area contributed by atoms with E-state index in [1.807, 2.05) is 25.1 Å². The number of morpholine rings is 1. The van der Waals surface area contributed by atoms with Crippen LogP contribution < -0.4 is 14.4 Å². The highest BCUT2D eigenvalue weighted by atomic mass is 35.5. The fourth-order valence-corrected chi connectivity index (χ4v) is 10.3. The summed E-state index contributed by atoms with van der Waals surface area (Å²) < 4.78 is 41.7. The van der Waals surface area contributed by atoms with E-state index in [-0.39, 0.29) is 29.4 Å². The van der Waals surface area contributed by atoms with Crippen LogP contribution >= 0.6 is 11.6 Å². The van der Waals surface area contributed by atoms with Crippen LogP contribution in [0.15, 0.2) is 36.4 Å². The van der Waals surface area contributed by atoms with Crippen LogP contribution in [0, 0.1) is 17.8 Å².